The normalized spacial score (nSPS) is 18.6. The fourth-order valence-corrected chi connectivity index (χ4v) is 4.67. The third-order valence-corrected chi connectivity index (χ3v) is 6.11. The van der Waals surface area contributed by atoms with Crippen molar-refractivity contribution in [2.45, 2.75) is 57.6 Å². The number of hydrogen-bond donors (Lipinski definition) is 3. The first-order valence-corrected chi connectivity index (χ1v) is 11.0. The summed E-state index contributed by atoms with van der Waals surface area (Å²) in [7, 11) is 0. The van der Waals surface area contributed by atoms with E-state index in [9.17, 15) is 9.59 Å². The van der Waals surface area contributed by atoms with Crippen LogP contribution in [-0.4, -0.2) is 39.3 Å². The Hall–Kier alpha value is -2.94. The predicted molar refractivity (Wildman–Crippen MR) is 116 cm³/mol. The van der Waals surface area contributed by atoms with Gasteiger partial charge in [-0.05, 0) is 44.7 Å². The highest BCUT2D eigenvalue weighted by molar-refractivity contribution is 7.17. The fourth-order valence-electron chi connectivity index (χ4n) is 3.86. The molecule has 9 heteroatoms. The van der Waals surface area contributed by atoms with E-state index in [0.717, 1.165) is 40.7 Å². The van der Waals surface area contributed by atoms with E-state index in [4.69, 9.17) is 4.74 Å². The summed E-state index contributed by atoms with van der Waals surface area (Å²) in [5.74, 6) is 0.664. The van der Waals surface area contributed by atoms with Gasteiger partial charge in [-0.2, -0.15) is 5.10 Å². The molecule has 2 atom stereocenters. The summed E-state index contributed by atoms with van der Waals surface area (Å²) in [5, 5.41) is 13.1. The number of anilines is 1. The van der Waals surface area contributed by atoms with Crippen molar-refractivity contribution in [1.82, 2.24) is 20.5 Å². The Labute approximate surface area is 178 Å². The summed E-state index contributed by atoms with van der Waals surface area (Å²) in [6, 6.07) is 7.78. The molecule has 1 saturated carbocycles. The van der Waals surface area contributed by atoms with Gasteiger partial charge in [-0.25, -0.2) is 9.78 Å². The van der Waals surface area contributed by atoms with Gasteiger partial charge in [0.25, 0.3) is 0 Å². The number of nitrogens with zero attached hydrogens (tertiary/aromatic N) is 2. The molecule has 2 heterocycles. The number of fused-ring (bicyclic) bond motifs is 1. The summed E-state index contributed by atoms with van der Waals surface area (Å²) < 4.78 is 6.19. The smallest absolute Gasteiger partial charge is 0.407 e. The molecule has 2 unspecified atom stereocenters. The monoisotopic (exact) mass is 427 g/mol. The molecule has 158 valence electrons. The highest BCUT2D eigenvalue weighted by Crippen LogP contribution is 2.34. The number of ether oxygens (including phenoxy) is 1. The number of carbonyl (C=O) groups excluding carboxylic acids is 2. The first-order valence-electron chi connectivity index (χ1n) is 10.1. The molecule has 1 aliphatic rings. The van der Waals surface area contributed by atoms with Crippen molar-refractivity contribution in [2.75, 3.05) is 5.32 Å². The lowest BCUT2D eigenvalue weighted by molar-refractivity contribution is -0.115. The first-order chi connectivity index (χ1) is 14.5. The van der Waals surface area contributed by atoms with Gasteiger partial charge in [-0.15, -0.1) is 11.3 Å². The number of H-pyrrole nitrogens is 1. The summed E-state index contributed by atoms with van der Waals surface area (Å²) in [6.45, 7) is 3.66. The molecule has 2 amide bonds. The number of alkyl carbamates (subject to hydrolysis) is 1. The molecule has 0 bridgehead atoms. The number of hydrogen-bond acceptors (Lipinski definition) is 6. The molecule has 4 rings (SSSR count). The molecule has 2 aromatic heterocycles. The average Bonchev–Trinajstić information content (AvgIpc) is 3.41. The molecule has 3 aromatic rings. The van der Waals surface area contributed by atoms with Gasteiger partial charge in [-0.3, -0.25) is 9.89 Å². The van der Waals surface area contributed by atoms with Gasteiger partial charge in [-0.1, -0.05) is 12.1 Å². The first kappa shape index (κ1) is 20.3. The van der Waals surface area contributed by atoms with E-state index in [-0.39, 0.29) is 36.5 Å². The van der Waals surface area contributed by atoms with Crippen molar-refractivity contribution in [1.29, 1.82) is 0 Å². The summed E-state index contributed by atoms with van der Waals surface area (Å²) in [5.41, 5.74) is 4.63. The number of carbonyl (C=O) groups is 2. The summed E-state index contributed by atoms with van der Waals surface area (Å²) in [6.07, 6.45) is 2.41. The molecular formula is C21H25N5O3S. The molecule has 1 aliphatic carbocycles. The van der Waals surface area contributed by atoms with E-state index in [2.05, 4.69) is 25.8 Å². The number of amides is 2. The van der Waals surface area contributed by atoms with Crippen LogP contribution in [0.25, 0.3) is 10.2 Å². The molecule has 0 aliphatic heterocycles. The van der Waals surface area contributed by atoms with Gasteiger partial charge in [0, 0.05) is 23.7 Å². The molecule has 0 spiro atoms. The van der Waals surface area contributed by atoms with E-state index in [0.29, 0.717) is 5.82 Å². The SMILES string of the molecule is CC(C)OC(=O)NC1CCC(c2cc(NC(=O)Cc3cccc4ncsc34)n[nH]2)C1. The molecule has 30 heavy (non-hydrogen) atoms. The number of aromatic amines is 1. The van der Waals surface area contributed by atoms with Crippen LogP contribution in [0.3, 0.4) is 0 Å². The highest BCUT2D eigenvalue weighted by atomic mass is 32.1. The van der Waals surface area contributed by atoms with E-state index in [1.807, 2.05) is 38.1 Å². The van der Waals surface area contributed by atoms with Crippen molar-refractivity contribution in [3.63, 3.8) is 0 Å². The Morgan fingerprint density at radius 2 is 2.20 bits per heavy atom. The topological polar surface area (TPSA) is 109 Å². The fraction of sp³-hybridized carbons (Fsp3) is 0.429. The lowest BCUT2D eigenvalue weighted by Gasteiger charge is -2.14. The zero-order valence-corrected chi connectivity index (χ0v) is 17.8. The van der Waals surface area contributed by atoms with E-state index in [1.54, 1.807) is 5.51 Å². The van der Waals surface area contributed by atoms with Gasteiger partial charge < -0.3 is 15.4 Å². The van der Waals surface area contributed by atoms with Crippen LogP contribution in [0.1, 0.15) is 50.3 Å². The number of nitrogens with one attached hydrogen (secondary N) is 3. The minimum Gasteiger partial charge on any atom is -0.447 e. The maximum Gasteiger partial charge on any atom is 0.407 e. The van der Waals surface area contributed by atoms with Crippen molar-refractivity contribution < 1.29 is 14.3 Å². The Morgan fingerprint density at radius 1 is 1.33 bits per heavy atom. The lowest BCUT2D eigenvalue weighted by atomic mass is 10.0. The number of rotatable bonds is 6. The second-order valence-corrected chi connectivity index (χ2v) is 8.71. The van der Waals surface area contributed by atoms with Crippen LogP contribution in [0.15, 0.2) is 29.8 Å². The number of aromatic nitrogens is 3. The van der Waals surface area contributed by atoms with Crippen molar-refractivity contribution >= 4 is 39.4 Å². The van der Waals surface area contributed by atoms with Crippen molar-refractivity contribution in [3.05, 3.63) is 41.0 Å². The molecule has 1 aromatic carbocycles. The lowest BCUT2D eigenvalue weighted by Crippen LogP contribution is -2.34. The van der Waals surface area contributed by atoms with Crippen LogP contribution in [-0.2, 0) is 16.0 Å². The second-order valence-electron chi connectivity index (χ2n) is 7.86. The number of thiazole rings is 1. The minimum absolute atomic E-state index is 0.0856. The third kappa shape index (κ3) is 4.79. The van der Waals surface area contributed by atoms with Crippen LogP contribution in [0, 0.1) is 0 Å². The predicted octanol–water partition coefficient (Wildman–Crippen LogP) is 3.97. The zero-order valence-electron chi connectivity index (χ0n) is 17.0. The Bertz CT molecular complexity index is 1040. The molecule has 3 N–H and O–H groups in total. The van der Waals surface area contributed by atoms with E-state index < -0.39 is 0 Å². The van der Waals surface area contributed by atoms with Crippen molar-refractivity contribution in [2.24, 2.45) is 0 Å². The Kier molecular flexibility index (Phi) is 5.98. The molecular weight excluding hydrogens is 402 g/mol. The molecule has 0 radical (unpaired) electrons. The third-order valence-electron chi connectivity index (χ3n) is 5.19. The quantitative estimate of drug-likeness (QED) is 0.551. The molecule has 1 fully saturated rings. The van der Waals surface area contributed by atoms with Gasteiger partial charge in [0.05, 0.1) is 28.3 Å². The van der Waals surface area contributed by atoms with E-state index in [1.165, 1.54) is 11.3 Å². The Balaban J connectivity index is 1.31. The van der Waals surface area contributed by atoms with Gasteiger partial charge in [0.2, 0.25) is 5.91 Å². The summed E-state index contributed by atoms with van der Waals surface area (Å²) in [4.78, 5) is 28.6. The zero-order chi connectivity index (χ0) is 21.1. The molecule has 8 nitrogen and oxygen atoms in total. The Morgan fingerprint density at radius 3 is 3.03 bits per heavy atom. The number of benzene rings is 1. The van der Waals surface area contributed by atoms with Crippen LogP contribution in [0.2, 0.25) is 0 Å². The summed E-state index contributed by atoms with van der Waals surface area (Å²) >= 11 is 1.54. The highest BCUT2D eigenvalue weighted by Gasteiger charge is 2.29. The van der Waals surface area contributed by atoms with Crippen LogP contribution in [0.4, 0.5) is 10.6 Å². The minimum atomic E-state index is -0.371. The van der Waals surface area contributed by atoms with Crippen molar-refractivity contribution in [3.8, 4) is 0 Å². The largest absolute Gasteiger partial charge is 0.447 e. The van der Waals surface area contributed by atoms with Gasteiger partial charge >= 0.3 is 6.09 Å². The average molecular weight is 428 g/mol. The van der Waals surface area contributed by atoms with Gasteiger partial charge in [0.15, 0.2) is 5.82 Å². The maximum atomic E-state index is 12.5. The van der Waals surface area contributed by atoms with Gasteiger partial charge in [0.1, 0.15) is 0 Å². The maximum absolute atomic E-state index is 12.5. The van der Waals surface area contributed by atoms with Crippen LogP contribution in [0.5, 0.6) is 0 Å². The second kappa shape index (κ2) is 8.83. The van der Waals surface area contributed by atoms with Crippen LogP contribution < -0.4 is 10.6 Å². The standard InChI is InChI=1S/C21H25N5O3S/c1-12(2)29-21(28)23-15-7-6-13(8-15)17-10-18(26-25-17)24-19(27)9-14-4-3-5-16-20(14)30-11-22-16/h3-5,10-13,15H,6-9H2,1-2H3,(H,23,28)(H2,24,25,26,27). The van der Waals surface area contributed by atoms with Crippen LogP contribution >= 0.6 is 11.3 Å². The van der Waals surface area contributed by atoms with E-state index >= 15 is 0 Å². The molecule has 0 saturated heterocycles.